The Morgan fingerprint density at radius 1 is 1.46 bits per heavy atom. The molecule has 1 amide bonds. The third-order valence-corrected chi connectivity index (χ3v) is 4.02. The Balaban J connectivity index is 1.84. The van der Waals surface area contributed by atoms with Crippen molar-refractivity contribution in [1.29, 1.82) is 0 Å². The number of aliphatic imine (C=N–C) groups is 1. The molecule has 1 aromatic heterocycles. The molecular formula is C16H28N6O2. The van der Waals surface area contributed by atoms with Crippen molar-refractivity contribution in [3.63, 3.8) is 0 Å². The number of primary amides is 1. The second kappa shape index (κ2) is 9.27. The van der Waals surface area contributed by atoms with Crippen LogP contribution < -0.4 is 16.4 Å². The lowest BCUT2D eigenvalue weighted by molar-refractivity contribution is -0.119. The molecule has 0 aliphatic carbocycles. The standard InChI is InChI=1S/C16H28N6O2/c1-3-12-9-14(24-21-12)10-19-16(18-4-2)20-13-5-7-22(8-6-13)11-15(17)23/h9,13H,3-8,10-11H2,1-2H3,(H2,17,23)(H2,18,19,20). The zero-order valence-electron chi connectivity index (χ0n) is 14.5. The second-order valence-electron chi connectivity index (χ2n) is 5.99. The molecule has 0 atom stereocenters. The van der Waals surface area contributed by atoms with Crippen LogP contribution in [0, 0.1) is 0 Å². The second-order valence-corrected chi connectivity index (χ2v) is 5.99. The minimum absolute atomic E-state index is 0.269. The number of nitrogens with one attached hydrogen (secondary N) is 2. The molecule has 1 aliphatic heterocycles. The highest BCUT2D eigenvalue weighted by Gasteiger charge is 2.20. The van der Waals surface area contributed by atoms with Crippen LogP contribution in [0.15, 0.2) is 15.6 Å². The van der Waals surface area contributed by atoms with Crippen molar-refractivity contribution in [2.75, 3.05) is 26.2 Å². The number of likely N-dealkylation sites (tertiary alicyclic amines) is 1. The molecule has 0 bridgehead atoms. The van der Waals surface area contributed by atoms with Gasteiger partial charge in [0.2, 0.25) is 5.91 Å². The molecule has 134 valence electrons. The minimum atomic E-state index is -0.269. The summed E-state index contributed by atoms with van der Waals surface area (Å²) in [7, 11) is 0. The van der Waals surface area contributed by atoms with E-state index < -0.39 is 0 Å². The monoisotopic (exact) mass is 336 g/mol. The molecule has 1 fully saturated rings. The van der Waals surface area contributed by atoms with Gasteiger partial charge >= 0.3 is 0 Å². The van der Waals surface area contributed by atoms with Gasteiger partial charge in [-0.2, -0.15) is 0 Å². The van der Waals surface area contributed by atoms with Crippen molar-refractivity contribution in [3.8, 4) is 0 Å². The van der Waals surface area contributed by atoms with E-state index >= 15 is 0 Å². The van der Waals surface area contributed by atoms with E-state index in [4.69, 9.17) is 10.3 Å². The molecule has 0 aromatic carbocycles. The summed E-state index contributed by atoms with van der Waals surface area (Å²) in [6.07, 6.45) is 2.77. The molecule has 1 aromatic rings. The van der Waals surface area contributed by atoms with Crippen LogP contribution in [0.2, 0.25) is 0 Å². The lowest BCUT2D eigenvalue weighted by Gasteiger charge is -2.32. The van der Waals surface area contributed by atoms with Crippen molar-refractivity contribution in [2.45, 2.75) is 45.7 Å². The SMILES string of the molecule is CCNC(=NCc1cc(CC)no1)NC1CCN(CC(N)=O)CC1. The topological polar surface area (TPSA) is 109 Å². The quantitative estimate of drug-likeness (QED) is 0.486. The number of nitrogens with two attached hydrogens (primary N) is 1. The van der Waals surface area contributed by atoms with E-state index in [1.54, 1.807) is 0 Å². The molecule has 0 unspecified atom stereocenters. The molecule has 8 nitrogen and oxygen atoms in total. The first-order valence-corrected chi connectivity index (χ1v) is 8.60. The maximum atomic E-state index is 11.0. The number of carbonyl (C=O) groups excluding carboxylic acids is 1. The Hall–Kier alpha value is -2.09. The van der Waals surface area contributed by atoms with Gasteiger partial charge in [0, 0.05) is 31.7 Å². The number of amides is 1. The summed E-state index contributed by atoms with van der Waals surface area (Å²) in [6.45, 7) is 7.40. The molecule has 1 aliphatic rings. The van der Waals surface area contributed by atoms with Gasteiger partial charge in [-0.1, -0.05) is 12.1 Å². The van der Waals surface area contributed by atoms with E-state index in [-0.39, 0.29) is 5.91 Å². The molecule has 4 N–H and O–H groups in total. The van der Waals surface area contributed by atoms with Crippen molar-refractivity contribution < 1.29 is 9.32 Å². The minimum Gasteiger partial charge on any atom is -0.369 e. The van der Waals surface area contributed by atoms with Crippen LogP contribution in [-0.4, -0.2) is 54.1 Å². The van der Waals surface area contributed by atoms with Crippen LogP contribution >= 0.6 is 0 Å². The maximum Gasteiger partial charge on any atom is 0.231 e. The molecular weight excluding hydrogens is 308 g/mol. The maximum absolute atomic E-state index is 11.0. The van der Waals surface area contributed by atoms with Crippen LogP contribution in [0.5, 0.6) is 0 Å². The molecule has 0 spiro atoms. The first kappa shape index (κ1) is 18.3. The van der Waals surface area contributed by atoms with E-state index in [1.165, 1.54) is 0 Å². The van der Waals surface area contributed by atoms with Gasteiger partial charge in [0.15, 0.2) is 11.7 Å². The average molecular weight is 336 g/mol. The van der Waals surface area contributed by atoms with Gasteiger partial charge in [-0.3, -0.25) is 9.69 Å². The van der Waals surface area contributed by atoms with Crippen LogP contribution in [0.3, 0.4) is 0 Å². The zero-order valence-corrected chi connectivity index (χ0v) is 14.5. The van der Waals surface area contributed by atoms with Gasteiger partial charge in [-0.15, -0.1) is 0 Å². The van der Waals surface area contributed by atoms with E-state index in [0.717, 1.165) is 56.3 Å². The number of hydrogen-bond donors (Lipinski definition) is 3. The molecule has 0 saturated carbocycles. The Morgan fingerprint density at radius 2 is 2.21 bits per heavy atom. The lowest BCUT2D eigenvalue weighted by Crippen LogP contribution is -2.49. The third-order valence-electron chi connectivity index (χ3n) is 4.02. The first-order chi connectivity index (χ1) is 11.6. The molecule has 2 heterocycles. The fourth-order valence-electron chi connectivity index (χ4n) is 2.72. The van der Waals surface area contributed by atoms with E-state index in [0.29, 0.717) is 19.1 Å². The highest BCUT2D eigenvalue weighted by molar-refractivity contribution is 5.80. The van der Waals surface area contributed by atoms with Gasteiger partial charge in [-0.25, -0.2) is 4.99 Å². The van der Waals surface area contributed by atoms with E-state index in [2.05, 4.69) is 25.7 Å². The summed E-state index contributed by atoms with van der Waals surface area (Å²) in [5.74, 6) is 1.27. The van der Waals surface area contributed by atoms with Crippen molar-refractivity contribution in [3.05, 3.63) is 17.5 Å². The smallest absolute Gasteiger partial charge is 0.231 e. The summed E-state index contributed by atoms with van der Waals surface area (Å²) >= 11 is 0. The molecule has 1 saturated heterocycles. The van der Waals surface area contributed by atoms with E-state index in [9.17, 15) is 4.79 Å². The van der Waals surface area contributed by atoms with Gasteiger partial charge in [0.25, 0.3) is 0 Å². The summed E-state index contributed by atoms with van der Waals surface area (Å²) in [6, 6.07) is 2.28. The van der Waals surface area contributed by atoms with Crippen molar-refractivity contribution >= 4 is 11.9 Å². The van der Waals surface area contributed by atoms with Gasteiger partial charge in [-0.05, 0) is 26.2 Å². The highest BCUT2D eigenvalue weighted by Crippen LogP contribution is 2.10. The van der Waals surface area contributed by atoms with E-state index in [1.807, 2.05) is 19.9 Å². The molecule has 2 rings (SSSR count). The third kappa shape index (κ3) is 5.84. The van der Waals surface area contributed by atoms with Crippen molar-refractivity contribution in [1.82, 2.24) is 20.7 Å². The Morgan fingerprint density at radius 3 is 2.79 bits per heavy atom. The Labute approximate surface area is 142 Å². The predicted molar refractivity (Wildman–Crippen MR) is 92.5 cm³/mol. The normalized spacial score (nSPS) is 17.0. The lowest BCUT2D eigenvalue weighted by atomic mass is 10.1. The average Bonchev–Trinajstić information content (AvgIpc) is 3.02. The number of hydrogen-bond acceptors (Lipinski definition) is 5. The summed E-state index contributed by atoms with van der Waals surface area (Å²) in [5, 5.41) is 10.7. The fraction of sp³-hybridized carbons (Fsp3) is 0.688. The summed E-state index contributed by atoms with van der Waals surface area (Å²) in [5.41, 5.74) is 6.19. The molecule has 24 heavy (non-hydrogen) atoms. The number of piperidine rings is 1. The van der Waals surface area contributed by atoms with Gasteiger partial charge in [0.05, 0.1) is 12.2 Å². The van der Waals surface area contributed by atoms with Crippen LogP contribution in [0.4, 0.5) is 0 Å². The molecule has 0 radical (unpaired) electrons. The van der Waals surface area contributed by atoms with Crippen LogP contribution in [-0.2, 0) is 17.8 Å². The number of aromatic nitrogens is 1. The van der Waals surface area contributed by atoms with Gasteiger partial charge < -0.3 is 20.9 Å². The number of aryl methyl sites for hydroxylation is 1. The Bertz CT molecular complexity index is 549. The highest BCUT2D eigenvalue weighted by atomic mass is 16.5. The fourth-order valence-corrected chi connectivity index (χ4v) is 2.72. The van der Waals surface area contributed by atoms with Crippen LogP contribution in [0.25, 0.3) is 0 Å². The van der Waals surface area contributed by atoms with Crippen LogP contribution in [0.1, 0.15) is 38.1 Å². The first-order valence-electron chi connectivity index (χ1n) is 8.60. The van der Waals surface area contributed by atoms with Crippen molar-refractivity contribution in [2.24, 2.45) is 10.7 Å². The number of nitrogens with zero attached hydrogens (tertiary/aromatic N) is 3. The zero-order chi connectivity index (χ0) is 17.4. The predicted octanol–water partition coefficient (Wildman–Crippen LogP) is 0.242. The number of guanidine groups is 1. The largest absolute Gasteiger partial charge is 0.369 e. The molecule has 8 heteroatoms. The Kier molecular flexibility index (Phi) is 7.05. The summed E-state index contributed by atoms with van der Waals surface area (Å²) in [4.78, 5) is 17.6. The number of rotatable bonds is 7. The van der Waals surface area contributed by atoms with Gasteiger partial charge in [0.1, 0.15) is 6.54 Å². The summed E-state index contributed by atoms with van der Waals surface area (Å²) < 4.78 is 5.26. The number of carbonyl (C=O) groups is 1.